The van der Waals surface area contributed by atoms with Crippen LogP contribution in [0.5, 0.6) is 0 Å². The first-order valence-electron chi connectivity index (χ1n) is 5.54. The molecule has 0 aromatic rings. The minimum Gasteiger partial charge on any atom is -0.454 e. The lowest BCUT2D eigenvalue weighted by atomic mass is 9.57. The Kier molecular flexibility index (Phi) is 1.53. The first kappa shape index (κ1) is 9.13. The molecule has 3 rings (SSSR count). The molecule has 0 heterocycles. The van der Waals surface area contributed by atoms with Gasteiger partial charge >= 0.3 is 5.97 Å². The highest BCUT2D eigenvalue weighted by molar-refractivity contribution is 6.01. The number of carbonyl (C=O) groups excluding carboxylic acids is 2. The van der Waals surface area contributed by atoms with Gasteiger partial charge in [0.25, 0.3) is 0 Å². The average Bonchev–Trinajstić information content (AvgIpc) is 2.49. The number of hydrogen-bond donors (Lipinski definition) is 0. The summed E-state index contributed by atoms with van der Waals surface area (Å²) < 4.78 is 5.47. The standard InChI is InChI=1S/C12H14O3/c1-8(13)15-11-5-2-9-3-7-12(9,11)10(14)4-6-11/h4,6,9H,2-3,5,7H2,1H3/t9-,11+,12+/m1/s1. The fourth-order valence-corrected chi connectivity index (χ4v) is 3.75. The second-order valence-corrected chi connectivity index (χ2v) is 4.93. The zero-order valence-electron chi connectivity index (χ0n) is 8.79. The molecule has 3 heteroatoms. The summed E-state index contributed by atoms with van der Waals surface area (Å²) in [5, 5.41) is 0. The quantitative estimate of drug-likeness (QED) is 0.612. The lowest BCUT2D eigenvalue weighted by Crippen LogP contribution is -2.54. The molecule has 0 saturated heterocycles. The smallest absolute Gasteiger partial charge is 0.303 e. The van der Waals surface area contributed by atoms with Crippen molar-refractivity contribution in [3.63, 3.8) is 0 Å². The van der Waals surface area contributed by atoms with Crippen LogP contribution in [0.4, 0.5) is 0 Å². The number of esters is 1. The van der Waals surface area contributed by atoms with Crippen LogP contribution in [0.15, 0.2) is 12.2 Å². The van der Waals surface area contributed by atoms with Crippen molar-refractivity contribution in [3.8, 4) is 0 Å². The van der Waals surface area contributed by atoms with Crippen molar-refractivity contribution in [2.45, 2.75) is 38.2 Å². The highest BCUT2D eigenvalue weighted by Gasteiger charge is 2.71. The van der Waals surface area contributed by atoms with Crippen molar-refractivity contribution in [1.29, 1.82) is 0 Å². The fraction of sp³-hybridized carbons (Fsp3) is 0.667. The molecule has 1 spiro atoms. The van der Waals surface area contributed by atoms with Crippen LogP contribution in [0.25, 0.3) is 0 Å². The van der Waals surface area contributed by atoms with Crippen molar-refractivity contribution in [2.75, 3.05) is 0 Å². The third kappa shape index (κ3) is 0.829. The van der Waals surface area contributed by atoms with Gasteiger partial charge in [-0.25, -0.2) is 0 Å². The largest absolute Gasteiger partial charge is 0.454 e. The Labute approximate surface area is 88.5 Å². The van der Waals surface area contributed by atoms with E-state index >= 15 is 0 Å². The third-order valence-electron chi connectivity index (χ3n) is 4.47. The molecule has 2 fully saturated rings. The summed E-state index contributed by atoms with van der Waals surface area (Å²) in [6, 6.07) is 0. The van der Waals surface area contributed by atoms with Crippen molar-refractivity contribution >= 4 is 11.8 Å². The first-order valence-corrected chi connectivity index (χ1v) is 5.54. The normalized spacial score (nSPS) is 45.9. The minimum atomic E-state index is -0.584. The molecule has 2 saturated carbocycles. The summed E-state index contributed by atoms with van der Waals surface area (Å²) in [5.41, 5.74) is -0.947. The van der Waals surface area contributed by atoms with Gasteiger partial charge in [0, 0.05) is 6.92 Å². The fourth-order valence-electron chi connectivity index (χ4n) is 3.75. The maximum absolute atomic E-state index is 11.9. The molecule has 0 aliphatic heterocycles. The van der Waals surface area contributed by atoms with Crippen molar-refractivity contribution in [2.24, 2.45) is 11.3 Å². The topological polar surface area (TPSA) is 43.4 Å². The Bertz CT molecular complexity index is 384. The van der Waals surface area contributed by atoms with Crippen molar-refractivity contribution in [1.82, 2.24) is 0 Å². The molecule has 0 N–H and O–H groups in total. The second kappa shape index (κ2) is 2.52. The maximum Gasteiger partial charge on any atom is 0.303 e. The Hall–Kier alpha value is -1.12. The van der Waals surface area contributed by atoms with Gasteiger partial charge in [0.2, 0.25) is 0 Å². The van der Waals surface area contributed by atoms with Crippen LogP contribution in [-0.4, -0.2) is 17.4 Å². The lowest BCUT2D eigenvalue weighted by molar-refractivity contribution is -0.173. The zero-order chi connectivity index (χ0) is 10.7. The number of rotatable bonds is 1. The van der Waals surface area contributed by atoms with Gasteiger partial charge in [-0.15, -0.1) is 0 Å². The van der Waals surface area contributed by atoms with E-state index in [-0.39, 0.29) is 17.2 Å². The molecule has 0 unspecified atom stereocenters. The SMILES string of the molecule is CC(=O)O[C@@]12C=CC(=O)[C@@]13CC[C@H]3CC2. The van der Waals surface area contributed by atoms with Crippen LogP contribution in [0.2, 0.25) is 0 Å². The number of hydrogen-bond acceptors (Lipinski definition) is 3. The van der Waals surface area contributed by atoms with Gasteiger partial charge in [0.15, 0.2) is 5.78 Å². The maximum atomic E-state index is 11.9. The molecule has 0 aromatic carbocycles. The summed E-state index contributed by atoms with van der Waals surface area (Å²) in [7, 11) is 0. The molecule has 80 valence electrons. The van der Waals surface area contributed by atoms with Crippen molar-refractivity contribution in [3.05, 3.63) is 12.2 Å². The number of allylic oxidation sites excluding steroid dienone is 1. The monoisotopic (exact) mass is 206 g/mol. The van der Waals surface area contributed by atoms with Gasteiger partial charge < -0.3 is 4.74 Å². The summed E-state index contributed by atoms with van der Waals surface area (Å²) in [5.74, 6) is 0.345. The highest BCUT2D eigenvalue weighted by Crippen LogP contribution is 2.67. The molecule has 0 aromatic heterocycles. The molecule has 0 bridgehead atoms. The van der Waals surface area contributed by atoms with Crippen LogP contribution in [0.1, 0.15) is 32.6 Å². The molecule has 3 aliphatic carbocycles. The summed E-state index contributed by atoms with van der Waals surface area (Å²) >= 11 is 0. The molecule has 3 atom stereocenters. The summed E-state index contributed by atoms with van der Waals surface area (Å²) in [6.07, 6.45) is 7.28. The highest BCUT2D eigenvalue weighted by atomic mass is 16.6. The molecule has 3 nitrogen and oxygen atoms in total. The first-order chi connectivity index (χ1) is 7.11. The van der Waals surface area contributed by atoms with Crippen LogP contribution in [-0.2, 0) is 14.3 Å². The molecular weight excluding hydrogens is 192 g/mol. The molecule has 0 amide bonds. The van der Waals surface area contributed by atoms with Gasteiger partial charge in [0.1, 0.15) is 5.60 Å². The van der Waals surface area contributed by atoms with E-state index in [1.54, 1.807) is 6.08 Å². The van der Waals surface area contributed by atoms with E-state index < -0.39 is 5.60 Å². The van der Waals surface area contributed by atoms with Crippen molar-refractivity contribution < 1.29 is 14.3 Å². The van der Waals surface area contributed by atoms with Crippen LogP contribution < -0.4 is 0 Å². The van der Waals surface area contributed by atoms with E-state index in [2.05, 4.69) is 0 Å². The number of ether oxygens (including phenoxy) is 1. The Balaban J connectivity index is 2.04. The summed E-state index contributed by atoms with van der Waals surface area (Å²) in [4.78, 5) is 23.1. The van der Waals surface area contributed by atoms with E-state index in [1.807, 2.05) is 6.08 Å². The van der Waals surface area contributed by atoms with Gasteiger partial charge in [-0.05, 0) is 43.8 Å². The van der Waals surface area contributed by atoms with E-state index in [0.717, 1.165) is 25.7 Å². The van der Waals surface area contributed by atoms with E-state index in [0.29, 0.717) is 5.92 Å². The predicted octanol–water partition coefficient (Wildman–Crippen LogP) is 1.62. The zero-order valence-corrected chi connectivity index (χ0v) is 8.79. The van der Waals surface area contributed by atoms with Gasteiger partial charge in [-0.2, -0.15) is 0 Å². The number of ketones is 1. The Morgan fingerprint density at radius 1 is 1.47 bits per heavy atom. The van der Waals surface area contributed by atoms with Gasteiger partial charge in [-0.1, -0.05) is 0 Å². The summed E-state index contributed by atoms with van der Waals surface area (Å²) in [6.45, 7) is 1.42. The van der Waals surface area contributed by atoms with E-state index in [9.17, 15) is 9.59 Å². The van der Waals surface area contributed by atoms with Gasteiger partial charge in [0.05, 0.1) is 5.41 Å². The van der Waals surface area contributed by atoms with E-state index in [1.165, 1.54) is 6.92 Å². The second-order valence-electron chi connectivity index (χ2n) is 4.93. The minimum absolute atomic E-state index is 0.178. The average molecular weight is 206 g/mol. The Morgan fingerprint density at radius 3 is 2.80 bits per heavy atom. The molecule has 15 heavy (non-hydrogen) atoms. The predicted molar refractivity (Wildman–Crippen MR) is 53.0 cm³/mol. The van der Waals surface area contributed by atoms with Crippen LogP contribution in [0.3, 0.4) is 0 Å². The molecule has 0 radical (unpaired) electrons. The van der Waals surface area contributed by atoms with Crippen LogP contribution in [0, 0.1) is 11.3 Å². The number of carbonyl (C=O) groups is 2. The Morgan fingerprint density at radius 2 is 2.20 bits per heavy atom. The third-order valence-corrected chi connectivity index (χ3v) is 4.47. The van der Waals surface area contributed by atoms with E-state index in [4.69, 9.17) is 4.74 Å². The molecular formula is C12H14O3. The molecule has 3 aliphatic rings. The lowest BCUT2D eigenvalue weighted by Gasteiger charge is -2.48. The van der Waals surface area contributed by atoms with Crippen LogP contribution >= 0.6 is 0 Å². The van der Waals surface area contributed by atoms with Gasteiger partial charge in [-0.3, -0.25) is 9.59 Å².